The predicted octanol–water partition coefficient (Wildman–Crippen LogP) is 2.93. The fourth-order valence-electron chi connectivity index (χ4n) is 3.59. The van der Waals surface area contributed by atoms with Gasteiger partial charge in [-0.2, -0.15) is 9.57 Å². The molecule has 1 aromatic heterocycles. The fraction of sp³-hybridized carbons (Fsp3) is 0.238. The molecule has 0 radical (unpaired) electrons. The molecule has 0 unspecified atom stereocenters. The summed E-state index contributed by atoms with van der Waals surface area (Å²) in [5.41, 5.74) is 2.18. The molecule has 6 nitrogen and oxygen atoms in total. The van der Waals surface area contributed by atoms with Crippen LogP contribution in [0, 0.1) is 18.3 Å². The van der Waals surface area contributed by atoms with Gasteiger partial charge >= 0.3 is 0 Å². The normalized spacial score (nSPS) is 15.5. The van der Waals surface area contributed by atoms with E-state index >= 15 is 0 Å². The van der Waals surface area contributed by atoms with Crippen molar-refractivity contribution in [2.24, 2.45) is 0 Å². The number of rotatable bonds is 3. The molecule has 0 aliphatic carbocycles. The van der Waals surface area contributed by atoms with Crippen LogP contribution in [0.3, 0.4) is 0 Å². The van der Waals surface area contributed by atoms with E-state index in [1.54, 1.807) is 12.1 Å². The molecule has 0 N–H and O–H groups in total. The van der Waals surface area contributed by atoms with Crippen LogP contribution in [0.2, 0.25) is 0 Å². The minimum absolute atomic E-state index is 0.0750. The maximum Gasteiger partial charge on any atom is 0.244 e. The number of aryl methyl sites for hydroxylation is 1. The van der Waals surface area contributed by atoms with Gasteiger partial charge in [-0.25, -0.2) is 13.4 Å². The molecule has 1 saturated heterocycles. The van der Waals surface area contributed by atoms with Crippen molar-refractivity contribution in [3.63, 3.8) is 0 Å². The van der Waals surface area contributed by atoms with Gasteiger partial charge in [0.1, 0.15) is 11.9 Å². The summed E-state index contributed by atoms with van der Waals surface area (Å²) in [6, 6.07) is 18.4. The smallest absolute Gasteiger partial charge is 0.244 e. The molecule has 142 valence electrons. The largest absolute Gasteiger partial charge is 0.354 e. The third-order valence-electron chi connectivity index (χ3n) is 5.05. The summed E-state index contributed by atoms with van der Waals surface area (Å²) in [5.74, 6) is 0.896. The number of hydrogen-bond donors (Lipinski definition) is 0. The van der Waals surface area contributed by atoms with E-state index in [9.17, 15) is 13.7 Å². The maximum absolute atomic E-state index is 13.0. The number of nitriles is 1. The van der Waals surface area contributed by atoms with Crippen molar-refractivity contribution in [1.29, 1.82) is 5.26 Å². The summed E-state index contributed by atoms with van der Waals surface area (Å²) in [4.78, 5) is 6.99. The molecule has 0 amide bonds. The van der Waals surface area contributed by atoms with E-state index in [-0.39, 0.29) is 10.5 Å². The Hall–Kier alpha value is -2.95. The number of anilines is 1. The Morgan fingerprint density at radius 1 is 1.00 bits per heavy atom. The summed E-state index contributed by atoms with van der Waals surface area (Å²) < 4.78 is 27.4. The molecule has 28 heavy (non-hydrogen) atoms. The van der Waals surface area contributed by atoms with Gasteiger partial charge in [-0.3, -0.25) is 0 Å². The number of nitrogens with zero attached hydrogens (tertiary/aromatic N) is 4. The zero-order valence-corrected chi connectivity index (χ0v) is 16.4. The van der Waals surface area contributed by atoms with Gasteiger partial charge in [0.25, 0.3) is 0 Å². The highest BCUT2D eigenvalue weighted by Gasteiger charge is 2.31. The quantitative estimate of drug-likeness (QED) is 0.685. The molecule has 4 rings (SSSR count). The van der Waals surface area contributed by atoms with E-state index in [0.29, 0.717) is 26.2 Å². The Kier molecular flexibility index (Phi) is 4.75. The van der Waals surface area contributed by atoms with Crippen LogP contribution in [0.25, 0.3) is 10.9 Å². The van der Waals surface area contributed by atoms with Crippen LogP contribution >= 0.6 is 0 Å². The number of piperazine rings is 1. The minimum Gasteiger partial charge on any atom is -0.354 e. The SMILES string of the molecule is Cc1cc2ccccc2nc1N1CCN(S(=O)(=O)c2ccccc2C#N)CC1. The second kappa shape index (κ2) is 7.23. The van der Waals surface area contributed by atoms with Crippen molar-refractivity contribution < 1.29 is 8.42 Å². The number of sulfonamides is 1. The first-order valence-corrected chi connectivity index (χ1v) is 10.6. The topological polar surface area (TPSA) is 77.3 Å². The second-order valence-corrected chi connectivity index (χ2v) is 8.73. The lowest BCUT2D eigenvalue weighted by molar-refractivity contribution is 0.383. The molecule has 1 aliphatic rings. The van der Waals surface area contributed by atoms with Crippen molar-refractivity contribution >= 4 is 26.7 Å². The van der Waals surface area contributed by atoms with Crippen LogP contribution in [0.4, 0.5) is 5.82 Å². The van der Waals surface area contributed by atoms with E-state index in [1.165, 1.54) is 16.4 Å². The van der Waals surface area contributed by atoms with Crippen molar-refractivity contribution in [2.45, 2.75) is 11.8 Å². The fourth-order valence-corrected chi connectivity index (χ4v) is 5.16. The lowest BCUT2D eigenvalue weighted by Crippen LogP contribution is -2.49. The highest BCUT2D eigenvalue weighted by molar-refractivity contribution is 7.89. The van der Waals surface area contributed by atoms with E-state index in [2.05, 4.69) is 11.0 Å². The Balaban J connectivity index is 1.57. The molecule has 1 aliphatic heterocycles. The average Bonchev–Trinajstić information content (AvgIpc) is 2.73. The number of pyridine rings is 1. The minimum atomic E-state index is -3.69. The number of hydrogen-bond acceptors (Lipinski definition) is 5. The van der Waals surface area contributed by atoms with Crippen LogP contribution in [0.15, 0.2) is 59.5 Å². The third-order valence-corrected chi connectivity index (χ3v) is 7.01. The van der Waals surface area contributed by atoms with E-state index in [0.717, 1.165) is 22.3 Å². The average molecular weight is 392 g/mol. The van der Waals surface area contributed by atoms with E-state index < -0.39 is 10.0 Å². The highest BCUT2D eigenvalue weighted by atomic mass is 32.2. The third kappa shape index (κ3) is 3.21. The molecule has 3 aromatic rings. The van der Waals surface area contributed by atoms with Gasteiger partial charge in [0.2, 0.25) is 10.0 Å². The van der Waals surface area contributed by atoms with E-state index in [1.807, 2.05) is 37.3 Å². The summed E-state index contributed by atoms with van der Waals surface area (Å²) >= 11 is 0. The Morgan fingerprint density at radius 3 is 2.43 bits per heavy atom. The monoisotopic (exact) mass is 392 g/mol. The maximum atomic E-state index is 13.0. The molecule has 0 saturated carbocycles. The van der Waals surface area contributed by atoms with Gasteiger partial charge in [0.05, 0.1) is 16.0 Å². The van der Waals surface area contributed by atoms with Crippen LogP contribution in [0.1, 0.15) is 11.1 Å². The van der Waals surface area contributed by atoms with Crippen LogP contribution in [-0.2, 0) is 10.0 Å². The number of para-hydroxylation sites is 1. The van der Waals surface area contributed by atoms with Crippen molar-refractivity contribution in [1.82, 2.24) is 9.29 Å². The molecule has 7 heteroatoms. The van der Waals surface area contributed by atoms with Crippen LogP contribution < -0.4 is 4.90 Å². The lowest BCUT2D eigenvalue weighted by atomic mass is 10.1. The first-order valence-electron chi connectivity index (χ1n) is 9.11. The van der Waals surface area contributed by atoms with Gasteiger partial charge in [-0.15, -0.1) is 0 Å². The molecule has 0 bridgehead atoms. The Bertz CT molecular complexity index is 1180. The number of fused-ring (bicyclic) bond motifs is 1. The van der Waals surface area contributed by atoms with Gasteiger partial charge in [-0.05, 0) is 36.8 Å². The zero-order chi connectivity index (χ0) is 19.7. The standard InChI is InChI=1S/C21H20N4O2S/c1-16-14-17-6-2-4-8-19(17)23-21(16)24-10-12-25(13-11-24)28(26,27)20-9-5-3-7-18(20)15-22/h2-9,14H,10-13H2,1H3. The molecule has 0 spiro atoms. The zero-order valence-electron chi connectivity index (χ0n) is 15.5. The van der Waals surface area contributed by atoms with Gasteiger partial charge in [-0.1, -0.05) is 30.3 Å². The van der Waals surface area contributed by atoms with Crippen molar-refractivity contribution in [2.75, 3.05) is 31.1 Å². The molecular weight excluding hydrogens is 372 g/mol. The van der Waals surface area contributed by atoms with Crippen LogP contribution in [0.5, 0.6) is 0 Å². The molecular formula is C21H20N4O2S. The van der Waals surface area contributed by atoms with Gasteiger partial charge in [0, 0.05) is 31.6 Å². The summed E-state index contributed by atoms with van der Waals surface area (Å²) in [6.07, 6.45) is 0. The summed E-state index contributed by atoms with van der Waals surface area (Å²) in [5, 5.41) is 10.3. The summed E-state index contributed by atoms with van der Waals surface area (Å²) in [6.45, 7) is 3.85. The van der Waals surface area contributed by atoms with Gasteiger partial charge in [0.15, 0.2) is 0 Å². The Morgan fingerprint density at radius 2 is 1.68 bits per heavy atom. The Labute approximate surface area is 164 Å². The number of aromatic nitrogens is 1. The second-order valence-electron chi connectivity index (χ2n) is 6.82. The van der Waals surface area contributed by atoms with Crippen molar-refractivity contribution in [3.05, 3.63) is 65.7 Å². The number of benzene rings is 2. The predicted molar refractivity (Wildman–Crippen MR) is 109 cm³/mol. The first-order chi connectivity index (χ1) is 13.5. The molecule has 2 aromatic carbocycles. The molecule has 1 fully saturated rings. The molecule has 0 atom stereocenters. The summed E-state index contributed by atoms with van der Waals surface area (Å²) in [7, 11) is -3.69. The molecule has 2 heterocycles. The van der Waals surface area contributed by atoms with Crippen LogP contribution in [-0.4, -0.2) is 43.9 Å². The van der Waals surface area contributed by atoms with E-state index in [4.69, 9.17) is 4.98 Å². The van der Waals surface area contributed by atoms with Crippen molar-refractivity contribution in [3.8, 4) is 6.07 Å². The highest BCUT2D eigenvalue weighted by Crippen LogP contribution is 2.26. The first kappa shape index (κ1) is 18.4. The lowest BCUT2D eigenvalue weighted by Gasteiger charge is -2.35. The van der Waals surface area contributed by atoms with Gasteiger partial charge < -0.3 is 4.90 Å².